The maximum atomic E-state index is 4.59. The van der Waals surface area contributed by atoms with E-state index in [2.05, 4.69) is 48.1 Å². The first-order chi connectivity index (χ1) is 9.26. The molecule has 19 heavy (non-hydrogen) atoms. The van der Waals surface area contributed by atoms with Crippen molar-refractivity contribution in [3.8, 4) is 11.5 Å². The molecular weight excluding hydrogens is 306 g/mol. The average molecular weight is 322 g/mol. The smallest absolute Gasteiger partial charge is 0.180 e. The molecule has 0 fully saturated rings. The van der Waals surface area contributed by atoms with Crippen LogP contribution in [0.1, 0.15) is 26.0 Å². The zero-order valence-corrected chi connectivity index (χ0v) is 12.6. The summed E-state index contributed by atoms with van der Waals surface area (Å²) in [6, 6.07) is 1.81. The maximum absolute atomic E-state index is 4.59. The summed E-state index contributed by atoms with van der Waals surface area (Å²) in [6.45, 7) is 4.98. The van der Waals surface area contributed by atoms with E-state index in [-0.39, 0.29) is 0 Å². The molecule has 2 rings (SSSR count). The zero-order valence-electron chi connectivity index (χ0n) is 11.0. The normalized spacial score (nSPS) is 10.5. The van der Waals surface area contributed by atoms with E-state index in [1.807, 2.05) is 13.0 Å². The molecule has 0 spiro atoms. The van der Waals surface area contributed by atoms with Crippen LogP contribution >= 0.6 is 15.9 Å². The van der Waals surface area contributed by atoms with Crippen LogP contribution in [-0.4, -0.2) is 26.5 Å². The van der Waals surface area contributed by atoms with Crippen molar-refractivity contribution in [3.63, 3.8) is 0 Å². The lowest BCUT2D eigenvalue weighted by Gasteiger charge is -2.11. The summed E-state index contributed by atoms with van der Waals surface area (Å²) >= 11 is 3.57. The van der Waals surface area contributed by atoms with Crippen molar-refractivity contribution in [3.05, 3.63) is 28.8 Å². The Morgan fingerprint density at radius 1 is 1.26 bits per heavy atom. The molecule has 0 bridgehead atoms. The lowest BCUT2D eigenvalue weighted by Crippen LogP contribution is -2.06. The zero-order chi connectivity index (χ0) is 13.7. The monoisotopic (exact) mass is 321 g/mol. The van der Waals surface area contributed by atoms with E-state index in [9.17, 15) is 0 Å². The minimum atomic E-state index is 0.630. The maximum Gasteiger partial charge on any atom is 0.180 e. The molecule has 0 amide bonds. The third-order valence-electron chi connectivity index (χ3n) is 2.56. The second-order valence-electron chi connectivity index (χ2n) is 4.03. The second kappa shape index (κ2) is 6.56. The van der Waals surface area contributed by atoms with Crippen LogP contribution in [0, 0.1) is 0 Å². The van der Waals surface area contributed by atoms with Crippen LogP contribution in [0.25, 0.3) is 11.5 Å². The predicted molar refractivity (Wildman–Crippen MR) is 78.9 cm³/mol. The van der Waals surface area contributed by atoms with Crippen LogP contribution in [0.4, 0.5) is 5.82 Å². The molecule has 2 aromatic rings. The minimum Gasteiger partial charge on any atom is -0.369 e. The summed E-state index contributed by atoms with van der Waals surface area (Å²) in [5.74, 6) is 1.44. The Morgan fingerprint density at radius 2 is 2.11 bits per heavy atom. The third-order valence-corrected chi connectivity index (χ3v) is 3.40. The Kier molecular flexibility index (Phi) is 4.79. The highest BCUT2D eigenvalue weighted by Crippen LogP contribution is 2.27. The molecule has 5 nitrogen and oxygen atoms in total. The van der Waals surface area contributed by atoms with E-state index in [0.717, 1.165) is 41.1 Å². The highest BCUT2D eigenvalue weighted by Gasteiger charge is 2.13. The number of nitrogens with one attached hydrogen (secondary N) is 1. The fourth-order valence-corrected chi connectivity index (χ4v) is 2.23. The van der Waals surface area contributed by atoms with E-state index >= 15 is 0 Å². The van der Waals surface area contributed by atoms with Crippen LogP contribution in [0.3, 0.4) is 0 Å². The van der Waals surface area contributed by atoms with Crippen LogP contribution in [-0.2, 0) is 6.42 Å². The molecule has 0 unspecified atom stereocenters. The summed E-state index contributed by atoms with van der Waals surface area (Å²) in [5.41, 5.74) is 1.74. The van der Waals surface area contributed by atoms with Gasteiger partial charge in [0.25, 0.3) is 0 Å². The van der Waals surface area contributed by atoms with Crippen molar-refractivity contribution in [2.24, 2.45) is 0 Å². The van der Waals surface area contributed by atoms with Gasteiger partial charge in [0.2, 0.25) is 0 Å². The average Bonchev–Trinajstić information content (AvgIpc) is 2.44. The highest BCUT2D eigenvalue weighted by atomic mass is 79.9. The number of rotatable bonds is 5. The highest BCUT2D eigenvalue weighted by molar-refractivity contribution is 9.10. The number of nitrogens with zero attached hydrogens (tertiary/aromatic N) is 4. The Labute approximate surface area is 121 Å². The number of hydrogen-bond donors (Lipinski definition) is 1. The molecule has 2 aromatic heterocycles. The molecule has 2 heterocycles. The van der Waals surface area contributed by atoms with E-state index in [4.69, 9.17) is 0 Å². The number of halogens is 1. The van der Waals surface area contributed by atoms with Gasteiger partial charge in [-0.2, -0.15) is 0 Å². The number of anilines is 1. The van der Waals surface area contributed by atoms with Crippen LogP contribution in [0.5, 0.6) is 0 Å². The number of aryl methyl sites for hydroxylation is 1. The van der Waals surface area contributed by atoms with Gasteiger partial charge < -0.3 is 5.32 Å². The van der Waals surface area contributed by atoms with Crippen LogP contribution in [0.15, 0.2) is 23.1 Å². The Balaban J connectivity index is 2.49. The van der Waals surface area contributed by atoms with Crippen molar-refractivity contribution in [2.75, 3.05) is 11.9 Å². The molecule has 0 aliphatic carbocycles. The number of hydrogen-bond acceptors (Lipinski definition) is 5. The summed E-state index contributed by atoms with van der Waals surface area (Å²) in [4.78, 5) is 17.2. The molecule has 0 aliphatic heterocycles. The predicted octanol–water partition coefficient (Wildman–Crippen LogP) is 3.08. The van der Waals surface area contributed by atoms with Gasteiger partial charge in [-0.25, -0.2) is 19.9 Å². The van der Waals surface area contributed by atoms with Crippen molar-refractivity contribution in [1.29, 1.82) is 0 Å². The van der Waals surface area contributed by atoms with Crippen molar-refractivity contribution in [2.45, 2.75) is 26.7 Å². The van der Waals surface area contributed by atoms with Crippen molar-refractivity contribution >= 4 is 21.7 Å². The van der Waals surface area contributed by atoms with Crippen LogP contribution < -0.4 is 5.32 Å². The van der Waals surface area contributed by atoms with E-state index in [1.54, 1.807) is 6.20 Å². The third kappa shape index (κ3) is 3.26. The van der Waals surface area contributed by atoms with Gasteiger partial charge >= 0.3 is 0 Å². The molecule has 100 valence electrons. The number of aromatic nitrogens is 4. The first-order valence-corrected chi connectivity index (χ1v) is 7.12. The van der Waals surface area contributed by atoms with Gasteiger partial charge in [-0.15, -0.1) is 0 Å². The lowest BCUT2D eigenvalue weighted by atomic mass is 10.2. The topological polar surface area (TPSA) is 63.6 Å². The first-order valence-electron chi connectivity index (χ1n) is 6.32. The molecule has 0 radical (unpaired) electrons. The Bertz CT molecular complexity index is 517. The molecule has 0 saturated carbocycles. The molecule has 0 saturated heterocycles. The van der Waals surface area contributed by atoms with Gasteiger partial charge in [0, 0.05) is 12.7 Å². The van der Waals surface area contributed by atoms with Crippen molar-refractivity contribution < 1.29 is 0 Å². The molecule has 6 heteroatoms. The first kappa shape index (κ1) is 13.9. The van der Waals surface area contributed by atoms with Gasteiger partial charge in [-0.3, -0.25) is 0 Å². The van der Waals surface area contributed by atoms with Gasteiger partial charge in [-0.1, -0.05) is 13.3 Å². The summed E-state index contributed by atoms with van der Waals surface area (Å²) < 4.78 is 0.939. The summed E-state index contributed by atoms with van der Waals surface area (Å²) in [7, 11) is 0. The fraction of sp³-hybridized carbons (Fsp3) is 0.385. The lowest BCUT2D eigenvalue weighted by molar-refractivity contribution is 0.865. The van der Waals surface area contributed by atoms with Gasteiger partial charge in [-0.05, 0) is 35.3 Å². The molecular formula is C13H16BrN5. The second-order valence-corrected chi connectivity index (χ2v) is 4.82. The van der Waals surface area contributed by atoms with E-state index in [0.29, 0.717) is 5.82 Å². The summed E-state index contributed by atoms with van der Waals surface area (Å²) in [5, 5.41) is 3.24. The quantitative estimate of drug-likeness (QED) is 0.916. The molecule has 0 atom stereocenters. The van der Waals surface area contributed by atoms with E-state index < -0.39 is 0 Å². The Morgan fingerprint density at radius 3 is 2.74 bits per heavy atom. The largest absolute Gasteiger partial charge is 0.369 e. The molecule has 0 aliphatic rings. The minimum absolute atomic E-state index is 0.630. The van der Waals surface area contributed by atoms with E-state index in [1.165, 1.54) is 6.33 Å². The van der Waals surface area contributed by atoms with Gasteiger partial charge in [0.05, 0.1) is 10.2 Å². The fourth-order valence-electron chi connectivity index (χ4n) is 1.72. The standard InChI is InChI=1S/C13H16BrN5/c1-3-5-9-11(14)13(16-4-2)19-12(18-9)10-6-7-15-8-17-10/h6-8H,3-5H2,1-2H3,(H,16,18,19). The molecule has 1 N–H and O–H groups in total. The van der Waals surface area contributed by atoms with Crippen LogP contribution in [0.2, 0.25) is 0 Å². The van der Waals surface area contributed by atoms with Crippen molar-refractivity contribution in [1.82, 2.24) is 19.9 Å². The molecule has 0 aromatic carbocycles. The Hall–Kier alpha value is -1.56. The summed E-state index contributed by atoms with van der Waals surface area (Å²) in [6.07, 6.45) is 5.14. The van der Waals surface area contributed by atoms with Gasteiger partial charge in [0.1, 0.15) is 17.8 Å². The SMILES string of the molecule is CCCc1nc(-c2ccncn2)nc(NCC)c1Br. The van der Waals surface area contributed by atoms with Gasteiger partial charge in [0.15, 0.2) is 5.82 Å².